The van der Waals surface area contributed by atoms with Crippen LogP contribution >= 0.6 is 11.6 Å². The van der Waals surface area contributed by atoms with Crippen molar-refractivity contribution < 1.29 is 9.84 Å². The van der Waals surface area contributed by atoms with E-state index in [4.69, 9.17) is 16.3 Å². The monoisotopic (exact) mass is 266 g/mol. The number of ether oxygens (including phenoxy) is 1. The summed E-state index contributed by atoms with van der Waals surface area (Å²) in [5, 5.41) is 9.55. The lowest BCUT2D eigenvalue weighted by atomic mass is 10.2. The largest absolute Gasteiger partial charge is 0.494 e. The second-order valence-corrected chi connectivity index (χ2v) is 4.21. The van der Waals surface area contributed by atoms with Gasteiger partial charge in [0.15, 0.2) is 5.15 Å². The summed E-state index contributed by atoms with van der Waals surface area (Å²) in [6, 6.07) is 7.62. The van der Waals surface area contributed by atoms with E-state index in [1.807, 2.05) is 38.2 Å². The quantitative estimate of drug-likeness (QED) is 0.925. The van der Waals surface area contributed by atoms with Gasteiger partial charge in [0, 0.05) is 12.6 Å². The van der Waals surface area contributed by atoms with Gasteiger partial charge >= 0.3 is 0 Å². The maximum Gasteiger partial charge on any atom is 0.153 e. The molecule has 0 fully saturated rings. The van der Waals surface area contributed by atoms with Crippen LogP contribution in [0.2, 0.25) is 5.15 Å². The highest BCUT2D eigenvalue weighted by Gasteiger charge is 2.13. The van der Waals surface area contributed by atoms with E-state index >= 15 is 0 Å². The normalized spacial score (nSPS) is 10.7. The van der Waals surface area contributed by atoms with E-state index in [0.29, 0.717) is 17.5 Å². The fourth-order valence-electron chi connectivity index (χ4n) is 1.80. The van der Waals surface area contributed by atoms with Crippen molar-refractivity contribution in [1.29, 1.82) is 0 Å². The first kappa shape index (κ1) is 12.9. The number of hydrogen-bond donors (Lipinski definition) is 1. The molecule has 5 heteroatoms. The molecule has 1 heterocycles. The van der Waals surface area contributed by atoms with Crippen LogP contribution < -0.4 is 4.74 Å². The molecule has 1 N–H and O–H groups in total. The lowest BCUT2D eigenvalue weighted by Gasteiger charge is -2.06. The van der Waals surface area contributed by atoms with Crippen molar-refractivity contribution in [2.45, 2.75) is 13.5 Å². The third kappa shape index (κ3) is 2.35. The topological polar surface area (TPSA) is 47.3 Å². The summed E-state index contributed by atoms with van der Waals surface area (Å²) >= 11 is 5.96. The Morgan fingerprint density at radius 1 is 1.33 bits per heavy atom. The molecular weight excluding hydrogens is 252 g/mol. The standard InChI is InChI=1S/C13H15ClN2O2/c1-3-18-10-6-4-9(5-7-10)13-15-12(14)11(8-17)16(13)2/h4-7,17H,3,8H2,1-2H3. The fourth-order valence-corrected chi connectivity index (χ4v) is 2.06. The molecule has 0 amide bonds. The zero-order valence-electron chi connectivity index (χ0n) is 10.4. The predicted octanol–water partition coefficient (Wildman–Crippen LogP) is 2.63. The molecule has 0 aliphatic heterocycles. The van der Waals surface area contributed by atoms with E-state index in [2.05, 4.69) is 4.98 Å². The number of aromatic nitrogens is 2. The van der Waals surface area contributed by atoms with Crippen molar-refractivity contribution >= 4 is 11.6 Å². The van der Waals surface area contributed by atoms with Gasteiger partial charge in [-0.1, -0.05) is 11.6 Å². The van der Waals surface area contributed by atoms with Gasteiger partial charge in [-0.15, -0.1) is 0 Å². The molecule has 2 rings (SSSR count). The Balaban J connectivity index is 2.36. The summed E-state index contributed by atoms with van der Waals surface area (Å²) in [6.07, 6.45) is 0. The predicted molar refractivity (Wildman–Crippen MR) is 70.7 cm³/mol. The second-order valence-electron chi connectivity index (χ2n) is 3.85. The molecule has 0 aliphatic carbocycles. The van der Waals surface area contributed by atoms with E-state index in [9.17, 15) is 5.11 Å². The number of rotatable bonds is 4. The van der Waals surface area contributed by atoms with Crippen LogP contribution in [0.4, 0.5) is 0 Å². The summed E-state index contributed by atoms with van der Waals surface area (Å²) in [5.74, 6) is 1.55. The molecule has 0 bridgehead atoms. The lowest BCUT2D eigenvalue weighted by molar-refractivity contribution is 0.273. The van der Waals surface area contributed by atoms with Crippen LogP contribution in [0, 0.1) is 0 Å². The third-order valence-electron chi connectivity index (χ3n) is 2.74. The van der Waals surface area contributed by atoms with Crippen LogP contribution in [0.25, 0.3) is 11.4 Å². The highest BCUT2D eigenvalue weighted by Crippen LogP contribution is 2.26. The van der Waals surface area contributed by atoms with Crippen LogP contribution in [0.1, 0.15) is 12.6 Å². The lowest BCUT2D eigenvalue weighted by Crippen LogP contribution is -1.98. The van der Waals surface area contributed by atoms with Crippen LogP contribution in [0.15, 0.2) is 24.3 Å². The molecule has 18 heavy (non-hydrogen) atoms. The van der Waals surface area contributed by atoms with Crippen molar-refractivity contribution in [3.8, 4) is 17.1 Å². The first-order chi connectivity index (χ1) is 8.67. The summed E-state index contributed by atoms with van der Waals surface area (Å²) in [7, 11) is 1.83. The number of benzene rings is 1. The van der Waals surface area contributed by atoms with Crippen LogP contribution in [-0.4, -0.2) is 21.3 Å². The van der Waals surface area contributed by atoms with Gasteiger partial charge in [0.1, 0.15) is 11.6 Å². The second kappa shape index (κ2) is 5.42. The Morgan fingerprint density at radius 2 is 2.00 bits per heavy atom. The smallest absolute Gasteiger partial charge is 0.153 e. The zero-order valence-corrected chi connectivity index (χ0v) is 11.1. The van der Waals surface area contributed by atoms with E-state index in [0.717, 1.165) is 17.1 Å². The van der Waals surface area contributed by atoms with Gasteiger partial charge in [0.05, 0.1) is 18.9 Å². The van der Waals surface area contributed by atoms with Gasteiger partial charge in [-0.05, 0) is 31.2 Å². The van der Waals surface area contributed by atoms with Crippen LogP contribution in [0.3, 0.4) is 0 Å². The number of hydrogen-bond acceptors (Lipinski definition) is 3. The molecule has 0 atom stereocenters. The summed E-state index contributed by atoms with van der Waals surface area (Å²) in [5.41, 5.74) is 1.54. The minimum Gasteiger partial charge on any atom is -0.494 e. The first-order valence-corrected chi connectivity index (χ1v) is 6.10. The molecular formula is C13H15ClN2O2. The van der Waals surface area contributed by atoms with Crippen molar-refractivity contribution in [1.82, 2.24) is 9.55 Å². The molecule has 0 unspecified atom stereocenters. The Kier molecular flexibility index (Phi) is 3.89. The minimum atomic E-state index is -0.126. The summed E-state index contributed by atoms with van der Waals surface area (Å²) in [6.45, 7) is 2.46. The molecule has 0 spiro atoms. The molecule has 1 aromatic heterocycles. The van der Waals surface area contributed by atoms with Gasteiger partial charge in [-0.2, -0.15) is 0 Å². The zero-order chi connectivity index (χ0) is 13.1. The average Bonchev–Trinajstić information content (AvgIpc) is 2.66. The molecule has 96 valence electrons. The van der Waals surface area contributed by atoms with E-state index < -0.39 is 0 Å². The molecule has 0 saturated carbocycles. The Bertz CT molecular complexity index is 535. The number of imidazole rings is 1. The number of nitrogens with zero attached hydrogens (tertiary/aromatic N) is 2. The van der Waals surface area contributed by atoms with Crippen LogP contribution in [0.5, 0.6) is 5.75 Å². The molecule has 0 radical (unpaired) electrons. The molecule has 2 aromatic rings. The number of aliphatic hydroxyl groups is 1. The van der Waals surface area contributed by atoms with Gasteiger partial charge in [0.2, 0.25) is 0 Å². The van der Waals surface area contributed by atoms with E-state index in [-0.39, 0.29) is 6.61 Å². The number of halogens is 1. The van der Waals surface area contributed by atoms with Crippen molar-refractivity contribution in [2.75, 3.05) is 6.61 Å². The van der Waals surface area contributed by atoms with Gasteiger partial charge in [0.25, 0.3) is 0 Å². The minimum absolute atomic E-state index is 0.126. The van der Waals surface area contributed by atoms with Gasteiger partial charge in [-0.3, -0.25) is 0 Å². The van der Waals surface area contributed by atoms with E-state index in [1.165, 1.54) is 0 Å². The maximum absolute atomic E-state index is 9.21. The SMILES string of the molecule is CCOc1ccc(-c2nc(Cl)c(CO)n2C)cc1. The summed E-state index contributed by atoms with van der Waals surface area (Å²) < 4.78 is 7.17. The molecule has 0 saturated heterocycles. The molecule has 0 aliphatic rings. The Labute approximate surface area is 111 Å². The van der Waals surface area contributed by atoms with Gasteiger partial charge in [-0.25, -0.2) is 4.98 Å². The number of aliphatic hydroxyl groups excluding tert-OH is 1. The fraction of sp³-hybridized carbons (Fsp3) is 0.308. The van der Waals surface area contributed by atoms with Gasteiger partial charge < -0.3 is 14.4 Å². The average molecular weight is 267 g/mol. The van der Waals surface area contributed by atoms with Crippen molar-refractivity contribution in [3.63, 3.8) is 0 Å². The van der Waals surface area contributed by atoms with Crippen molar-refractivity contribution in [2.24, 2.45) is 7.05 Å². The maximum atomic E-state index is 9.21. The summed E-state index contributed by atoms with van der Waals surface area (Å²) in [4.78, 5) is 4.25. The van der Waals surface area contributed by atoms with Crippen LogP contribution in [-0.2, 0) is 13.7 Å². The molecule has 4 nitrogen and oxygen atoms in total. The highest BCUT2D eigenvalue weighted by atomic mass is 35.5. The Morgan fingerprint density at radius 3 is 2.50 bits per heavy atom. The Hall–Kier alpha value is -1.52. The van der Waals surface area contributed by atoms with Crippen molar-refractivity contribution in [3.05, 3.63) is 35.1 Å². The van der Waals surface area contributed by atoms with E-state index in [1.54, 1.807) is 4.57 Å². The molecule has 1 aromatic carbocycles. The third-order valence-corrected chi connectivity index (χ3v) is 3.04. The highest BCUT2D eigenvalue weighted by molar-refractivity contribution is 6.30. The first-order valence-electron chi connectivity index (χ1n) is 5.72.